The largest absolute Gasteiger partial charge is 0.388 e. The summed E-state index contributed by atoms with van der Waals surface area (Å²) in [6.07, 6.45) is 2.66. The molecule has 7 heteroatoms. The molecule has 2 amide bonds. The van der Waals surface area contributed by atoms with E-state index in [1.54, 1.807) is 29.2 Å². The molecule has 172 valence electrons. The van der Waals surface area contributed by atoms with Crippen molar-refractivity contribution >= 4 is 23.4 Å². The molecule has 0 aromatic heterocycles. The zero-order valence-electron chi connectivity index (χ0n) is 18.9. The zero-order chi connectivity index (χ0) is 23.0. The number of aliphatic hydroxyl groups is 2. The van der Waals surface area contributed by atoms with E-state index in [4.69, 9.17) is 11.6 Å². The van der Waals surface area contributed by atoms with Crippen molar-refractivity contribution in [2.24, 2.45) is 17.3 Å². The molecule has 1 heterocycles. The maximum absolute atomic E-state index is 13.4. The molecule has 1 aromatic rings. The van der Waals surface area contributed by atoms with Crippen LogP contribution in [0.4, 0.5) is 0 Å². The summed E-state index contributed by atoms with van der Waals surface area (Å²) in [5.74, 6) is -0.381. The summed E-state index contributed by atoms with van der Waals surface area (Å²) in [6, 6.07) is 6.14. The van der Waals surface area contributed by atoms with Gasteiger partial charge in [0, 0.05) is 29.4 Å². The lowest BCUT2D eigenvalue weighted by molar-refractivity contribution is -0.200. The first-order valence-electron chi connectivity index (χ1n) is 11.2. The first-order valence-corrected chi connectivity index (χ1v) is 11.6. The number of aliphatic hydroxyl groups excluding tert-OH is 1. The highest BCUT2D eigenvalue weighted by Crippen LogP contribution is 2.46. The van der Waals surface area contributed by atoms with Crippen molar-refractivity contribution in [1.29, 1.82) is 0 Å². The van der Waals surface area contributed by atoms with E-state index in [0.29, 0.717) is 10.6 Å². The minimum absolute atomic E-state index is 0.0100. The molecular formula is C24H35ClN2O4. The monoisotopic (exact) mass is 450 g/mol. The maximum Gasteiger partial charge on any atom is 0.245 e. The molecule has 1 aromatic carbocycles. The third-order valence-corrected chi connectivity index (χ3v) is 7.30. The molecule has 6 nitrogen and oxygen atoms in total. The molecule has 0 spiro atoms. The van der Waals surface area contributed by atoms with Gasteiger partial charge in [0.25, 0.3) is 0 Å². The summed E-state index contributed by atoms with van der Waals surface area (Å²) in [5.41, 5.74) is -1.80. The van der Waals surface area contributed by atoms with Crippen molar-refractivity contribution in [3.63, 3.8) is 0 Å². The van der Waals surface area contributed by atoms with Gasteiger partial charge in [0.05, 0.1) is 0 Å². The molecule has 1 saturated carbocycles. The van der Waals surface area contributed by atoms with Crippen LogP contribution in [0.5, 0.6) is 0 Å². The van der Waals surface area contributed by atoms with E-state index in [2.05, 4.69) is 5.32 Å². The first-order chi connectivity index (χ1) is 14.5. The molecule has 0 bridgehead atoms. The average molecular weight is 451 g/mol. The van der Waals surface area contributed by atoms with E-state index in [1.165, 1.54) is 0 Å². The fourth-order valence-corrected chi connectivity index (χ4v) is 5.20. The van der Waals surface area contributed by atoms with Gasteiger partial charge in [-0.15, -0.1) is 0 Å². The molecule has 0 unspecified atom stereocenters. The summed E-state index contributed by atoms with van der Waals surface area (Å²) >= 11 is 5.99. The number of carbonyl (C=O) groups excluding carboxylic acids is 2. The number of piperidine rings is 1. The van der Waals surface area contributed by atoms with Gasteiger partial charge >= 0.3 is 0 Å². The quantitative estimate of drug-likeness (QED) is 0.643. The van der Waals surface area contributed by atoms with Crippen molar-refractivity contribution < 1.29 is 19.8 Å². The smallest absolute Gasteiger partial charge is 0.245 e. The predicted octanol–water partition coefficient (Wildman–Crippen LogP) is 3.09. The fraction of sp³-hybridized carbons (Fsp3) is 0.667. The lowest BCUT2D eigenvalue weighted by Gasteiger charge is -2.53. The highest BCUT2D eigenvalue weighted by molar-refractivity contribution is 6.30. The van der Waals surface area contributed by atoms with Gasteiger partial charge in [0.2, 0.25) is 11.8 Å². The first kappa shape index (κ1) is 24.0. The molecule has 2 aliphatic rings. The molecule has 1 aliphatic carbocycles. The average Bonchev–Trinajstić information content (AvgIpc) is 3.24. The minimum atomic E-state index is -1.53. The Kier molecular flexibility index (Phi) is 7.04. The number of likely N-dealkylation sites (tertiary alicyclic amines) is 1. The number of nitrogens with one attached hydrogen (secondary N) is 1. The lowest BCUT2D eigenvalue weighted by atomic mass is 9.65. The Bertz CT molecular complexity index is 804. The van der Waals surface area contributed by atoms with Gasteiger partial charge in [-0.05, 0) is 36.5 Å². The molecule has 3 N–H and O–H groups in total. The normalized spacial score (nSPS) is 27.4. The Labute approximate surface area is 190 Å². The Morgan fingerprint density at radius 1 is 1.16 bits per heavy atom. The van der Waals surface area contributed by atoms with Gasteiger partial charge in [0.15, 0.2) is 0 Å². The molecule has 31 heavy (non-hydrogen) atoms. The number of hydrogen-bond donors (Lipinski definition) is 3. The number of nitrogens with zero attached hydrogens (tertiary/aromatic N) is 1. The van der Waals surface area contributed by atoms with E-state index in [1.807, 2.05) is 27.7 Å². The van der Waals surface area contributed by atoms with Crippen LogP contribution in [-0.2, 0) is 15.2 Å². The van der Waals surface area contributed by atoms with Crippen LogP contribution in [0.15, 0.2) is 24.3 Å². The van der Waals surface area contributed by atoms with Crippen molar-refractivity contribution in [1.82, 2.24) is 10.2 Å². The van der Waals surface area contributed by atoms with Crippen LogP contribution < -0.4 is 5.32 Å². The van der Waals surface area contributed by atoms with Gasteiger partial charge in [-0.1, -0.05) is 64.3 Å². The molecule has 2 fully saturated rings. The zero-order valence-corrected chi connectivity index (χ0v) is 19.7. The Morgan fingerprint density at radius 2 is 1.74 bits per heavy atom. The SMILES string of the molecule is CC(C)[C@@H](NC(=O)C1CCCC1)C(=O)N1C[C@@H](O)[C@](O)(c2ccc(Cl)cc2)C(C)(C)C1. The van der Waals surface area contributed by atoms with Gasteiger partial charge in [-0.3, -0.25) is 9.59 Å². The van der Waals surface area contributed by atoms with Crippen LogP contribution in [0.1, 0.15) is 58.9 Å². The molecule has 0 radical (unpaired) electrons. The van der Waals surface area contributed by atoms with Crippen molar-refractivity contribution in [3.05, 3.63) is 34.9 Å². The number of β-amino-alcohol motifs (C(OH)–C–C–N with tert-alkyl or cyclic N) is 1. The Balaban J connectivity index is 1.79. The maximum atomic E-state index is 13.4. The van der Waals surface area contributed by atoms with Crippen LogP contribution in [-0.4, -0.2) is 52.2 Å². The lowest BCUT2D eigenvalue weighted by Crippen LogP contribution is -2.66. The van der Waals surface area contributed by atoms with Crippen molar-refractivity contribution in [2.75, 3.05) is 13.1 Å². The number of benzene rings is 1. The molecule has 1 aliphatic heterocycles. The van der Waals surface area contributed by atoms with Crippen LogP contribution in [0, 0.1) is 17.3 Å². The summed E-state index contributed by atoms with van der Waals surface area (Å²) in [4.78, 5) is 27.7. The van der Waals surface area contributed by atoms with Gasteiger partial charge in [-0.25, -0.2) is 0 Å². The minimum Gasteiger partial charge on any atom is -0.388 e. The van der Waals surface area contributed by atoms with Gasteiger partial charge in [-0.2, -0.15) is 0 Å². The molecular weight excluding hydrogens is 416 g/mol. The second-order valence-corrected chi connectivity index (χ2v) is 10.5. The third kappa shape index (κ3) is 4.62. The molecule has 3 atom stereocenters. The van der Waals surface area contributed by atoms with E-state index in [0.717, 1.165) is 25.7 Å². The van der Waals surface area contributed by atoms with Crippen LogP contribution in [0.25, 0.3) is 0 Å². The van der Waals surface area contributed by atoms with Crippen LogP contribution in [0.3, 0.4) is 0 Å². The number of carbonyl (C=O) groups is 2. The van der Waals surface area contributed by atoms with E-state index in [-0.39, 0.29) is 36.7 Å². The van der Waals surface area contributed by atoms with Gasteiger partial charge < -0.3 is 20.4 Å². The third-order valence-electron chi connectivity index (χ3n) is 7.05. The highest BCUT2D eigenvalue weighted by atomic mass is 35.5. The Hall–Kier alpha value is -1.63. The summed E-state index contributed by atoms with van der Waals surface area (Å²) < 4.78 is 0. The number of hydrogen-bond acceptors (Lipinski definition) is 4. The molecule has 3 rings (SSSR count). The fourth-order valence-electron chi connectivity index (χ4n) is 5.08. The molecule has 1 saturated heterocycles. The predicted molar refractivity (Wildman–Crippen MR) is 120 cm³/mol. The second kappa shape index (κ2) is 9.08. The van der Waals surface area contributed by atoms with Crippen LogP contribution in [0.2, 0.25) is 5.02 Å². The summed E-state index contributed by atoms with van der Waals surface area (Å²) in [5, 5.41) is 26.1. The number of amides is 2. The summed E-state index contributed by atoms with van der Waals surface area (Å²) in [7, 11) is 0. The Morgan fingerprint density at radius 3 is 2.26 bits per heavy atom. The number of halogens is 1. The highest BCUT2D eigenvalue weighted by Gasteiger charge is 2.55. The van der Waals surface area contributed by atoms with E-state index < -0.39 is 23.2 Å². The number of rotatable bonds is 5. The van der Waals surface area contributed by atoms with Crippen molar-refractivity contribution in [3.8, 4) is 0 Å². The topological polar surface area (TPSA) is 89.9 Å². The second-order valence-electron chi connectivity index (χ2n) is 10.1. The standard InChI is InChI=1S/C24H35ClN2O4/c1-15(2)20(26-21(29)16-7-5-6-8-16)22(30)27-13-19(28)24(31,23(3,4)14-27)17-9-11-18(25)12-10-17/h9-12,15-16,19-20,28,31H,5-8,13-14H2,1-4H3,(H,26,29)/t19-,20-,24-/m1/s1. The van der Waals surface area contributed by atoms with E-state index >= 15 is 0 Å². The van der Waals surface area contributed by atoms with Crippen molar-refractivity contribution in [2.45, 2.75) is 71.1 Å². The van der Waals surface area contributed by atoms with Gasteiger partial charge in [0.1, 0.15) is 17.7 Å². The van der Waals surface area contributed by atoms with Crippen LogP contribution >= 0.6 is 11.6 Å². The summed E-state index contributed by atoms with van der Waals surface area (Å²) in [6.45, 7) is 7.74. The van der Waals surface area contributed by atoms with E-state index in [9.17, 15) is 19.8 Å².